The number of halogens is 1. The van der Waals surface area contributed by atoms with Gasteiger partial charge in [-0.25, -0.2) is 15.4 Å². The van der Waals surface area contributed by atoms with Gasteiger partial charge in [0.25, 0.3) is 16.0 Å². The third-order valence-corrected chi connectivity index (χ3v) is 16.9. The number of amides is 4. The SMILES string of the molecule is COc1cc2cc(c1Cl)N(C)C(=O)CC(OC(=O)[C@H](C)N(C)C(=O)CCC(C)(C)SSCCC(C(=O)NN)S(=O)(=O)O)[C@@]1(C)O[C@@H]1C(C)C1CC(O)(NC(=O)O1)C(OC)/C=C/C=C(\C)C2. The van der Waals surface area contributed by atoms with Crippen molar-refractivity contribution in [3.05, 3.63) is 46.5 Å². The number of fused-ring (bicyclic) bond motifs is 5. The Morgan fingerprint density at radius 3 is 2.52 bits per heavy atom. The van der Waals surface area contributed by atoms with Crippen LogP contribution in [0.3, 0.4) is 0 Å². The molecule has 3 aliphatic heterocycles. The molecular weight excluding hydrogens is 930 g/mol. The van der Waals surface area contributed by atoms with E-state index in [0.717, 1.165) is 11.1 Å². The summed E-state index contributed by atoms with van der Waals surface area (Å²) in [6, 6.07) is 2.41. The third-order valence-electron chi connectivity index (χ3n) is 12.0. The van der Waals surface area contributed by atoms with Crippen LogP contribution in [-0.4, -0.2) is 139 Å². The largest absolute Gasteiger partial charge is 0.495 e. The smallest absolute Gasteiger partial charge is 0.409 e. The number of epoxide rings is 1. The van der Waals surface area contributed by atoms with Gasteiger partial charge in [0.15, 0.2) is 11.0 Å². The molecule has 2 saturated heterocycles. The van der Waals surface area contributed by atoms with Crippen LogP contribution in [0, 0.1) is 5.92 Å². The summed E-state index contributed by atoms with van der Waals surface area (Å²) in [5.74, 6) is 2.25. The molecule has 1 aromatic rings. The zero-order chi connectivity index (χ0) is 48.8. The van der Waals surface area contributed by atoms with Gasteiger partial charge in [-0.05, 0) is 71.6 Å². The van der Waals surface area contributed by atoms with E-state index in [-0.39, 0.29) is 42.4 Å². The van der Waals surface area contributed by atoms with Crippen LogP contribution in [0.2, 0.25) is 5.02 Å². The van der Waals surface area contributed by atoms with Crippen molar-refractivity contribution in [3.8, 4) is 5.75 Å². The summed E-state index contributed by atoms with van der Waals surface area (Å²) >= 11 is 6.79. The number of nitrogens with one attached hydrogen (secondary N) is 2. The summed E-state index contributed by atoms with van der Waals surface area (Å²) in [6.07, 6.45) is 0.559. The molecule has 0 radical (unpaired) electrons. The fraction of sp³-hybridized carbons (Fsp3) is 0.643. The van der Waals surface area contributed by atoms with Gasteiger partial charge in [-0.15, -0.1) is 0 Å². The van der Waals surface area contributed by atoms with Crippen molar-refractivity contribution in [2.45, 2.75) is 132 Å². The number of rotatable bonds is 15. The lowest BCUT2D eigenvalue weighted by Gasteiger charge is -2.42. The molecule has 23 heteroatoms. The van der Waals surface area contributed by atoms with Gasteiger partial charge in [0.2, 0.25) is 11.8 Å². The minimum absolute atomic E-state index is 0.0185. The number of likely N-dealkylation sites (N-methyl/N-ethyl adjacent to an activating group) is 1. The zero-order valence-corrected chi connectivity index (χ0v) is 41.5. The number of ether oxygens (including phenoxy) is 5. The minimum atomic E-state index is -4.67. The van der Waals surface area contributed by atoms with E-state index in [0.29, 0.717) is 24.3 Å². The van der Waals surface area contributed by atoms with E-state index in [1.807, 2.05) is 26.8 Å². The number of carbonyl (C=O) groups excluding carboxylic acids is 5. The summed E-state index contributed by atoms with van der Waals surface area (Å²) in [5, 5.41) is 12.8. The van der Waals surface area contributed by atoms with E-state index in [1.54, 1.807) is 50.6 Å². The van der Waals surface area contributed by atoms with Gasteiger partial charge in [0.05, 0.1) is 25.3 Å². The van der Waals surface area contributed by atoms with Crippen molar-refractivity contribution >= 4 is 78.8 Å². The molecule has 2 fully saturated rings. The first kappa shape index (κ1) is 54.0. The van der Waals surface area contributed by atoms with Crippen LogP contribution in [0.15, 0.2) is 35.9 Å². The maximum Gasteiger partial charge on any atom is 0.409 e. The van der Waals surface area contributed by atoms with Crippen molar-refractivity contribution in [2.24, 2.45) is 11.8 Å². The number of anilines is 1. The number of aliphatic hydroxyl groups is 1. The molecule has 9 atom stereocenters. The Balaban J connectivity index is 1.57. The fourth-order valence-electron chi connectivity index (χ4n) is 7.71. The Labute approximate surface area is 393 Å². The third kappa shape index (κ3) is 13.5. The highest BCUT2D eigenvalue weighted by Crippen LogP contribution is 2.49. The van der Waals surface area contributed by atoms with Gasteiger partial charge in [0, 0.05) is 50.5 Å². The lowest BCUT2D eigenvalue weighted by atomic mass is 9.83. The summed E-state index contributed by atoms with van der Waals surface area (Å²) < 4.78 is 61.5. The molecule has 0 spiro atoms. The first-order chi connectivity index (χ1) is 30.2. The molecular formula is C42H62ClN5O14S3. The second-order valence-electron chi connectivity index (χ2n) is 17.4. The van der Waals surface area contributed by atoms with Crippen LogP contribution in [0.1, 0.15) is 79.2 Å². The van der Waals surface area contributed by atoms with Crippen LogP contribution >= 0.6 is 33.2 Å². The van der Waals surface area contributed by atoms with E-state index in [2.05, 4.69) is 5.32 Å². The van der Waals surface area contributed by atoms with Gasteiger partial charge >= 0.3 is 12.1 Å². The van der Waals surface area contributed by atoms with E-state index in [1.165, 1.54) is 59.6 Å². The number of alkyl carbamates (subject to hydrolysis) is 1. The normalized spacial score (nSPS) is 28.6. The molecule has 6 N–H and O–H groups in total. The first-order valence-electron chi connectivity index (χ1n) is 20.8. The molecule has 19 nitrogen and oxygen atoms in total. The summed E-state index contributed by atoms with van der Waals surface area (Å²) in [5.41, 5.74) is 0.565. The van der Waals surface area contributed by atoms with Crippen molar-refractivity contribution in [3.63, 3.8) is 0 Å². The summed E-state index contributed by atoms with van der Waals surface area (Å²) in [6.45, 7) is 10.6. The summed E-state index contributed by atoms with van der Waals surface area (Å²) in [7, 11) is 3.82. The minimum Gasteiger partial charge on any atom is -0.495 e. The lowest BCUT2D eigenvalue weighted by molar-refractivity contribution is -0.162. The topological polar surface area (TPSA) is 266 Å². The van der Waals surface area contributed by atoms with Gasteiger partial charge in [-0.1, -0.05) is 63.9 Å². The summed E-state index contributed by atoms with van der Waals surface area (Å²) in [4.78, 5) is 69.2. The molecule has 0 saturated carbocycles. The highest BCUT2D eigenvalue weighted by Gasteiger charge is 2.64. The number of allylic oxidation sites excluding steroid dienone is 3. The predicted molar refractivity (Wildman–Crippen MR) is 247 cm³/mol. The van der Waals surface area contributed by atoms with Crippen molar-refractivity contribution in [2.75, 3.05) is 39.0 Å². The molecule has 4 bridgehead atoms. The molecule has 4 rings (SSSR count). The van der Waals surface area contributed by atoms with Crippen molar-refractivity contribution in [1.29, 1.82) is 0 Å². The molecule has 1 aromatic carbocycles. The number of hydrogen-bond donors (Lipinski definition) is 5. The van der Waals surface area contributed by atoms with Gasteiger partial charge in [-0.3, -0.25) is 29.7 Å². The number of esters is 1. The number of hydrogen-bond acceptors (Lipinski definition) is 16. The quantitative estimate of drug-likeness (QED) is 0.0242. The van der Waals surface area contributed by atoms with Gasteiger partial charge < -0.3 is 38.6 Å². The fourth-order valence-corrected chi connectivity index (χ4v) is 11.6. The Kier molecular flexibility index (Phi) is 18.3. The Morgan fingerprint density at radius 1 is 1.23 bits per heavy atom. The predicted octanol–water partition coefficient (Wildman–Crippen LogP) is 4.09. The molecule has 6 unspecified atom stereocenters. The van der Waals surface area contributed by atoms with E-state index in [4.69, 9.17) is 41.1 Å². The van der Waals surface area contributed by atoms with Crippen LogP contribution in [-0.2, 0) is 54.7 Å². The number of nitrogens with zero attached hydrogens (tertiary/aromatic N) is 2. The molecule has 0 aromatic heterocycles. The van der Waals surface area contributed by atoms with Crippen LogP contribution < -0.4 is 26.2 Å². The maximum atomic E-state index is 14.3. The molecule has 4 amide bonds. The molecule has 0 aliphatic carbocycles. The van der Waals surface area contributed by atoms with E-state index in [9.17, 15) is 42.0 Å². The van der Waals surface area contributed by atoms with E-state index >= 15 is 0 Å². The Hall–Kier alpha value is -3.61. The number of carbonyl (C=O) groups is 5. The average Bonchev–Trinajstić information content (AvgIpc) is 3.93. The number of methoxy groups -OCH3 is 2. The standard InChI is InChI=1S/C42H62ClN5O14S3/c1-23-12-11-13-31(59-10)42(54)22-29(60-39(53)45-42)24(2)36-41(6,62-36)32(21-34(50)48(8)27-19-26(18-23)20-28(58-9)35(27)43)61-38(52)25(3)47(7)33(49)14-16-40(4,5)64-63-17-15-30(37(51)46-44)65(55,56)57/h11-13,19-20,24-25,29-32,36,54H,14-18,21-22,44H2,1-10H3,(H,45,53)(H,46,51)(H,55,56,57)/b13-11+,23-12+/t24?,25-,29?,30?,31?,32?,36+,41+,42?/m0/s1. The second kappa shape index (κ2) is 22.0. The van der Waals surface area contributed by atoms with E-state index < -0.39 is 91.7 Å². The Morgan fingerprint density at radius 2 is 1.91 bits per heavy atom. The number of benzene rings is 1. The van der Waals surface area contributed by atoms with Gasteiger partial charge in [0.1, 0.15) is 40.7 Å². The molecule has 364 valence electrons. The Bertz CT molecular complexity index is 2130. The number of hydrazine groups is 1. The zero-order valence-electron chi connectivity index (χ0n) is 38.2. The first-order valence-corrected chi connectivity index (χ1v) is 25.0. The average molecular weight is 993 g/mol. The number of nitrogens with two attached hydrogens (primary N) is 1. The molecule has 65 heavy (non-hydrogen) atoms. The lowest BCUT2D eigenvalue weighted by Crippen LogP contribution is -2.63. The van der Waals surface area contributed by atoms with Crippen molar-refractivity contribution < 1.29 is 65.7 Å². The maximum absolute atomic E-state index is 14.3. The van der Waals surface area contributed by atoms with Crippen LogP contribution in [0.5, 0.6) is 5.75 Å². The van der Waals surface area contributed by atoms with Crippen LogP contribution in [0.25, 0.3) is 0 Å². The monoisotopic (exact) mass is 991 g/mol. The molecule has 3 heterocycles. The highest BCUT2D eigenvalue weighted by atomic mass is 35.5. The van der Waals surface area contributed by atoms with Crippen molar-refractivity contribution in [1.82, 2.24) is 15.6 Å². The van der Waals surface area contributed by atoms with Crippen LogP contribution in [0.4, 0.5) is 10.5 Å². The second-order valence-corrected chi connectivity index (χ2v) is 22.5. The molecule has 3 aliphatic rings. The van der Waals surface area contributed by atoms with Gasteiger partial charge in [-0.2, -0.15) is 8.42 Å². The highest BCUT2D eigenvalue weighted by molar-refractivity contribution is 8.77.